The molecule has 1 aliphatic rings. The van der Waals surface area contributed by atoms with E-state index in [1.54, 1.807) is 6.20 Å². The molecule has 0 saturated heterocycles. The Kier molecular flexibility index (Phi) is 2.14. The van der Waals surface area contributed by atoms with Gasteiger partial charge in [0.2, 0.25) is 0 Å². The smallest absolute Gasteiger partial charge is 0.407 e. The third-order valence-corrected chi connectivity index (χ3v) is 2.84. The number of amides is 1. The van der Waals surface area contributed by atoms with Crippen LogP contribution in [0.3, 0.4) is 0 Å². The second kappa shape index (κ2) is 3.20. The SMILES string of the molecule is C[C@H]1Cn2ncc(S)c2CN1C(=O)O. The third-order valence-electron chi connectivity index (χ3n) is 2.46. The van der Waals surface area contributed by atoms with Crippen LogP contribution in [0.5, 0.6) is 0 Å². The van der Waals surface area contributed by atoms with E-state index in [4.69, 9.17) is 5.11 Å². The van der Waals surface area contributed by atoms with Crippen LogP contribution in [0, 0.1) is 0 Å². The predicted octanol–water partition coefficient (Wildman–Crippen LogP) is 1.05. The van der Waals surface area contributed by atoms with E-state index in [0.29, 0.717) is 13.1 Å². The van der Waals surface area contributed by atoms with Gasteiger partial charge < -0.3 is 5.11 Å². The van der Waals surface area contributed by atoms with E-state index in [-0.39, 0.29) is 6.04 Å². The molecule has 2 heterocycles. The highest BCUT2D eigenvalue weighted by molar-refractivity contribution is 7.80. The first-order chi connectivity index (χ1) is 6.59. The van der Waals surface area contributed by atoms with Gasteiger partial charge in [0.05, 0.1) is 31.0 Å². The van der Waals surface area contributed by atoms with Crippen molar-refractivity contribution in [2.24, 2.45) is 0 Å². The van der Waals surface area contributed by atoms with Gasteiger partial charge >= 0.3 is 6.09 Å². The standard InChI is InChI=1S/C8H11N3O2S/c1-5-3-11-6(7(14)2-9-11)4-10(5)8(12)13/h2,5,14H,3-4H2,1H3,(H,12,13)/t5-/m0/s1. The quantitative estimate of drug-likeness (QED) is 0.633. The van der Waals surface area contributed by atoms with E-state index >= 15 is 0 Å². The van der Waals surface area contributed by atoms with Gasteiger partial charge in [-0.15, -0.1) is 12.6 Å². The van der Waals surface area contributed by atoms with Crippen LogP contribution in [0.25, 0.3) is 0 Å². The Hall–Kier alpha value is -1.17. The second-order valence-corrected chi connectivity index (χ2v) is 3.90. The average Bonchev–Trinajstić information content (AvgIpc) is 2.46. The van der Waals surface area contributed by atoms with Gasteiger partial charge in [0.1, 0.15) is 0 Å². The summed E-state index contributed by atoms with van der Waals surface area (Å²) in [6, 6.07) is -0.0346. The molecule has 1 atom stereocenters. The first kappa shape index (κ1) is 9.39. The number of thiol groups is 1. The summed E-state index contributed by atoms with van der Waals surface area (Å²) in [5, 5.41) is 13.1. The lowest BCUT2D eigenvalue weighted by Crippen LogP contribution is -2.44. The lowest BCUT2D eigenvalue weighted by Gasteiger charge is -2.31. The Labute approximate surface area is 86.7 Å². The molecule has 0 unspecified atom stereocenters. The fourth-order valence-corrected chi connectivity index (χ4v) is 1.88. The van der Waals surface area contributed by atoms with Crippen LogP contribution in [0.2, 0.25) is 0 Å². The first-order valence-electron chi connectivity index (χ1n) is 4.33. The molecule has 14 heavy (non-hydrogen) atoms. The number of rotatable bonds is 0. The fraction of sp³-hybridized carbons (Fsp3) is 0.500. The summed E-state index contributed by atoms with van der Waals surface area (Å²) in [6.45, 7) is 2.84. The minimum atomic E-state index is -0.891. The summed E-state index contributed by atoms with van der Waals surface area (Å²) < 4.78 is 1.81. The maximum absolute atomic E-state index is 10.9. The molecule has 0 radical (unpaired) electrons. The van der Waals surface area contributed by atoms with Gasteiger partial charge in [0.25, 0.3) is 0 Å². The highest BCUT2D eigenvalue weighted by atomic mass is 32.1. The van der Waals surface area contributed by atoms with Crippen LogP contribution in [0.15, 0.2) is 11.1 Å². The summed E-state index contributed by atoms with van der Waals surface area (Å²) in [6.07, 6.45) is 0.758. The third kappa shape index (κ3) is 1.35. The topological polar surface area (TPSA) is 58.4 Å². The van der Waals surface area contributed by atoms with Gasteiger partial charge in [-0.05, 0) is 6.92 Å². The lowest BCUT2D eigenvalue weighted by atomic mass is 10.2. The molecule has 2 rings (SSSR count). The summed E-state index contributed by atoms with van der Waals surface area (Å²) in [5.41, 5.74) is 0.869. The van der Waals surface area contributed by atoms with Crippen molar-refractivity contribution in [2.45, 2.75) is 31.0 Å². The molecule has 1 aromatic rings. The Balaban J connectivity index is 2.33. The van der Waals surface area contributed by atoms with Crippen LogP contribution in [0.1, 0.15) is 12.6 Å². The number of hydrogen-bond acceptors (Lipinski definition) is 3. The van der Waals surface area contributed by atoms with Crippen LogP contribution in [0.4, 0.5) is 4.79 Å². The Bertz CT molecular complexity index is 377. The number of carboxylic acid groups (broad SMARTS) is 1. The molecule has 1 N–H and O–H groups in total. The molecule has 1 amide bonds. The Morgan fingerprint density at radius 1 is 1.79 bits per heavy atom. The fourth-order valence-electron chi connectivity index (χ4n) is 1.64. The molecule has 76 valence electrons. The molecule has 0 aliphatic carbocycles. The van der Waals surface area contributed by atoms with Crippen molar-refractivity contribution < 1.29 is 9.90 Å². The van der Waals surface area contributed by atoms with Gasteiger partial charge in [-0.2, -0.15) is 5.10 Å². The van der Waals surface area contributed by atoms with Crippen molar-refractivity contribution in [3.05, 3.63) is 11.9 Å². The minimum absolute atomic E-state index is 0.0346. The highest BCUT2D eigenvalue weighted by Crippen LogP contribution is 2.22. The predicted molar refractivity (Wildman–Crippen MR) is 52.5 cm³/mol. The minimum Gasteiger partial charge on any atom is -0.465 e. The maximum Gasteiger partial charge on any atom is 0.407 e. The molecule has 1 aromatic heterocycles. The normalized spacial score (nSPS) is 20.7. The molecule has 1 aliphatic heterocycles. The van der Waals surface area contributed by atoms with Crippen molar-refractivity contribution in [1.82, 2.24) is 14.7 Å². The second-order valence-electron chi connectivity index (χ2n) is 3.42. The zero-order valence-corrected chi connectivity index (χ0v) is 8.61. The van der Waals surface area contributed by atoms with Gasteiger partial charge in [0, 0.05) is 4.90 Å². The van der Waals surface area contributed by atoms with Crippen molar-refractivity contribution >= 4 is 18.7 Å². The molecular formula is C8H11N3O2S. The number of carbonyl (C=O) groups is 1. The van der Waals surface area contributed by atoms with Gasteiger partial charge in [-0.25, -0.2) is 4.79 Å². The molecule has 0 aromatic carbocycles. The van der Waals surface area contributed by atoms with Gasteiger partial charge in [-0.1, -0.05) is 0 Å². The Morgan fingerprint density at radius 3 is 3.14 bits per heavy atom. The number of hydrogen-bond donors (Lipinski definition) is 2. The van der Waals surface area contributed by atoms with E-state index in [1.807, 2.05) is 11.6 Å². The largest absolute Gasteiger partial charge is 0.465 e. The molecule has 0 spiro atoms. The summed E-state index contributed by atoms with van der Waals surface area (Å²) >= 11 is 4.22. The Morgan fingerprint density at radius 2 is 2.50 bits per heavy atom. The van der Waals surface area contributed by atoms with Crippen LogP contribution < -0.4 is 0 Å². The molecular weight excluding hydrogens is 202 g/mol. The molecule has 0 bridgehead atoms. The number of nitrogens with zero attached hydrogens (tertiary/aromatic N) is 3. The summed E-state index contributed by atoms with van der Waals surface area (Å²) in [7, 11) is 0. The summed E-state index contributed by atoms with van der Waals surface area (Å²) in [5.74, 6) is 0. The van der Waals surface area contributed by atoms with E-state index in [9.17, 15) is 4.79 Å². The zero-order chi connectivity index (χ0) is 10.3. The monoisotopic (exact) mass is 213 g/mol. The van der Waals surface area contributed by atoms with E-state index in [1.165, 1.54) is 4.90 Å². The first-order valence-corrected chi connectivity index (χ1v) is 4.77. The maximum atomic E-state index is 10.9. The van der Waals surface area contributed by atoms with Gasteiger partial charge in [0.15, 0.2) is 0 Å². The van der Waals surface area contributed by atoms with Crippen LogP contribution >= 0.6 is 12.6 Å². The number of aromatic nitrogens is 2. The van der Waals surface area contributed by atoms with Crippen LogP contribution in [-0.4, -0.2) is 31.9 Å². The van der Waals surface area contributed by atoms with E-state index < -0.39 is 6.09 Å². The molecule has 0 fully saturated rings. The van der Waals surface area contributed by atoms with Crippen LogP contribution in [-0.2, 0) is 13.1 Å². The molecule has 0 saturated carbocycles. The summed E-state index contributed by atoms with van der Waals surface area (Å²) in [4.78, 5) is 13.0. The average molecular weight is 213 g/mol. The van der Waals surface area contributed by atoms with Gasteiger partial charge in [-0.3, -0.25) is 9.58 Å². The highest BCUT2D eigenvalue weighted by Gasteiger charge is 2.28. The van der Waals surface area contributed by atoms with Crippen molar-refractivity contribution in [3.63, 3.8) is 0 Å². The van der Waals surface area contributed by atoms with Crippen molar-refractivity contribution in [1.29, 1.82) is 0 Å². The number of fused-ring (bicyclic) bond motifs is 1. The van der Waals surface area contributed by atoms with Crippen molar-refractivity contribution in [2.75, 3.05) is 0 Å². The lowest BCUT2D eigenvalue weighted by molar-refractivity contribution is 0.104. The molecule has 6 heteroatoms. The van der Waals surface area contributed by atoms with E-state index in [2.05, 4.69) is 17.7 Å². The van der Waals surface area contributed by atoms with Crippen molar-refractivity contribution in [3.8, 4) is 0 Å². The zero-order valence-electron chi connectivity index (χ0n) is 7.71. The molecule has 5 nitrogen and oxygen atoms in total. The van der Waals surface area contributed by atoms with E-state index in [0.717, 1.165) is 10.6 Å².